The van der Waals surface area contributed by atoms with Gasteiger partial charge in [-0.15, -0.1) is 10.2 Å². The van der Waals surface area contributed by atoms with Crippen LogP contribution in [0, 0.1) is 6.92 Å². The molecule has 45 heavy (non-hydrogen) atoms. The van der Waals surface area contributed by atoms with Crippen molar-refractivity contribution >= 4 is 30.5 Å². The van der Waals surface area contributed by atoms with Gasteiger partial charge in [0.25, 0.3) is 0 Å². The number of piperidine rings is 1. The van der Waals surface area contributed by atoms with Crippen molar-refractivity contribution in [2.24, 2.45) is 10.2 Å². The molecule has 10 nitrogen and oxygen atoms in total. The van der Waals surface area contributed by atoms with Gasteiger partial charge in [-0.05, 0) is 49.2 Å². The van der Waals surface area contributed by atoms with E-state index in [0.29, 0.717) is 31.0 Å². The van der Waals surface area contributed by atoms with Gasteiger partial charge in [0.1, 0.15) is 6.17 Å². The van der Waals surface area contributed by atoms with Crippen LogP contribution >= 0.6 is 0 Å². The Bertz CT molecular complexity index is 1550. The van der Waals surface area contributed by atoms with E-state index in [0.717, 1.165) is 0 Å². The Labute approximate surface area is 249 Å². The van der Waals surface area contributed by atoms with Crippen molar-refractivity contribution < 1.29 is 43.9 Å². The molecule has 0 amide bonds. The van der Waals surface area contributed by atoms with Crippen molar-refractivity contribution in [3.05, 3.63) is 53.5 Å². The molecular weight excluding hydrogens is 625 g/mol. The van der Waals surface area contributed by atoms with Crippen LogP contribution in [0.5, 0.6) is 0 Å². The lowest BCUT2D eigenvalue weighted by Crippen LogP contribution is -2.48. The van der Waals surface area contributed by atoms with Crippen LogP contribution in [0.15, 0.2) is 51.1 Å². The molecule has 244 valence electrons. The molecular formula is C26H26F9N9O. The zero-order valence-corrected chi connectivity index (χ0v) is 23.6. The average Bonchev–Trinajstić information content (AvgIpc) is 3.60. The zero-order chi connectivity index (χ0) is 33.4. The molecule has 5 rings (SSSR count). The van der Waals surface area contributed by atoms with E-state index in [9.17, 15) is 39.5 Å². The first-order valence-corrected chi connectivity index (χ1v) is 12.9. The summed E-state index contributed by atoms with van der Waals surface area (Å²) >= 11 is 0. The van der Waals surface area contributed by atoms with Crippen LogP contribution < -0.4 is 10.2 Å². The van der Waals surface area contributed by atoms with E-state index in [1.165, 1.54) is 22.8 Å². The first kappa shape index (κ1) is 34.8. The maximum atomic E-state index is 14.9. The monoisotopic (exact) mass is 651 g/mol. The van der Waals surface area contributed by atoms with E-state index in [4.69, 9.17) is 4.42 Å². The standard InChI is InChI=1S/C22H18F7N7O.C3H6N2.CH2F2/c1-11-32-33-20(37-11)35-6-4-17(16(23)10-35)30-19-31-18-15(3-2-5-36(18)34-19)12-7-13(21(24,25)26)9-14(8-12)22(27,28)29;1-3-5-4-2;2-1-3/h2-3,5,7-9,16-17H,4,6,10H2,1H3,(H,30,34);3H,2H2,1H3;1H2/b;5-3+;. The summed E-state index contributed by atoms with van der Waals surface area (Å²) in [6.07, 6.45) is -8.05. The molecule has 3 aromatic heterocycles. The Balaban J connectivity index is 0.000000620. The maximum absolute atomic E-state index is 14.9. The van der Waals surface area contributed by atoms with Crippen LogP contribution in [0.4, 0.5) is 51.5 Å². The van der Waals surface area contributed by atoms with E-state index >= 15 is 0 Å². The third-order valence-corrected chi connectivity index (χ3v) is 6.10. The molecule has 1 fully saturated rings. The molecule has 2 atom stereocenters. The average molecular weight is 652 g/mol. The van der Waals surface area contributed by atoms with Crippen LogP contribution in [0.25, 0.3) is 16.8 Å². The Kier molecular flexibility index (Phi) is 11.5. The van der Waals surface area contributed by atoms with Gasteiger partial charge in [0, 0.05) is 38.2 Å². The highest BCUT2D eigenvalue weighted by atomic mass is 19.4. The lowest BCUT2D eigenvalue weighted by Gasteiger charge is -2.33. The topological polar surface area (TPSA) is 109 Å². The summed E-state index contributed by atoms with van der Waals surface area (Å²) in [5.74, 6) is 0.323. The van der Waals surface area contributed by atoms with Crippen LogP contribution in [-0.2, 0) is 12.4 Å². The summed E-state index contributed by atoms with van der Waals surface area (Å²) in [5.41, 5.74) is -3.22. The largest absolute Gasteiger partial charge is 0.416 e. The van der Waals surface area contributed by atoms with E-state index in [2.05, 4.69) is 42.5 Å². The van der Waals surface area contributed by atoms with Crippen molar-refractivity contribution in [1.82, 2.24) is 24.8 Å². The predicted octanol–water partition coefficient (Wildman–Crippen LogP) is 6.73. The van der Waals surface area contributed by atoms with Gasteiger partial charge in [-0.1, -0.05) is 5.10 Å². The summed E-state index contributed by atoms with van der Waals surface area (Å²) in [6.45, 7) is 5.11. The molecule has 1 saturated heterocycles. The van der Waals surface area contributed by atoms with Gasteiger partial charge in [-0.3, -0.25) is 0 Å². The quantitative estimate of drug-likeness (QED) is 0.145. The Morgan fingerprint density at radius 2 is 1.73 bits per heavy atom. The second-order valence-electron chi connectivity index (χ2n) is 9.14. The third kappa shape index (κ3) is 9.15. The van der Waals surface area contributed by atoms with Crippen molar-refractivity contribution in [1.29, 1.82) is 0 Å². The maximum Gasteiger partial charge on any atom is 0.416 e. The molecule has 4 aromatic rings. The van der Waals surface area contributed by atoms with Crippen LogP contribution in [0.1, 0.15) is 30.4 Å². The molecule has 0 saturated carbocycles. The number of aromatic nitrogens is 5. The molecule has 19 heteroatoms. The molecule has 0 radical (unpaired) electrons. The fraction of sp³-hybridized carbons (Fsp3) is 0.385. The molecule has 4 heterocycles. The van der Waals surface area contributed by atoms with Crippen LogP contribution in [-0.4, -0.2) is 70.0 Å². The number of anilines is 2. The number of benzene rings is 1. The van der Waals surface area contributed by atoms with E-state index in [1.54, 1.807) is 25.0 Å². The van der Waals surface area contributed by atoms with Gasteiger partial charge in [-0.25, -0.2) is 17.7 Å². The fourth-order valence-electron chi connectivity index (χ4n) is 4.21. The second-order valence-corrected chi connectivity index (χ2v) is 9.14. The predicted molar refractivity (Wildman–Crippen MR) is 147 cm³/mol. The number of pyridine rings is 1. The first-order valence-electron chi connectivity index (χ1n) is 12.9. The molecule has 1 aliphatic rings. The van der Waals surface area contributed by atoms with E-state index in [1.807, 2.05) is 0 Å². The minimum Gasteiger partial charge on any atom is -0.408 e. The minimum atomic E-state index is -4.99. The number of halogens is 9. The Hall–Kier alpha value is -4.71. The zero-order valence-electron chi connectivity index (χ0n) is 23.6. The highest BCUT2D eigenvalue weighted by molar-refractivity contribution is 5.79. The highest BCUT2D eigenvalue weighted by Gasteiger charge is 2.37. The summed E-state index contributed by atoms with van der Waals surface area (Å²) < 4.78 is 121. The number of fused-ring (bicyclic) bond motifs is 1. The van der Waals surface area contributed by atoms with E-state index in [-0.39, 0.29) is 41.3 Å². The van der Waals surface area contributed by atoms with Gasteiger partial charge in [0.2, 0.25) is 18.8 Å². The minimum absolute atomic E-state index is 0.00182. The second kappa shape index (κ2) is 14.8. The molecule has 1 aliphatic heterocycles. The number of aryl methyl sites for hydroxylation is 1. The summed E-state index contributed by atoms with van der Waals surface area (Å²) in [7, 11) is 0. The molecule has 0 spiro atoms. The highest BCUT2D eigenvalue weighted by Crippen LogP contribution is 2.39. The van der Waals surface area contributed by atoms with Gasteiger partial charge in [0.05, 0.1) is 23.7 Å². The summed E-state index contributed by atoms with van der Waals surface area (Å²) in [4.78, 5) is 5.84. The van der Waals surface area contributed by atoms with Crippen LogP contribution in [0.3, 0.4) is 0 Å². The molecule has 0 aliphatic carbocycles. The summed E-state index contributed by atoms with van der Waals surface area (Å²) in [5, 5.41) is 21.2. The first-order chi connectivity index (χ1) is 21.2. The fourth-order valence-corrected chi connectivity index (χ4v) is 4.21. The van der Waals surface area contributed by atoms with Crippen LogP contribution in [0.2, 0.25) is 0 Å². The smallest absolute Gasteiger partial charge is 0.408 e. The molecule has 1 aromatic carbocycles. The lowest BCUT2D eigenvalue weighted by molar-refractivity contribution is -0.143. The van der Waals surface area contributed by atoms with Crippen molar-refractivity contribution in [3.8, 4) is 11.1 Å². The Morgan fingerprint density at radius 1 is 1.09 bits per heavy atom. The van der Waals surface area contributed by atoms with E-state index < -0.39 is 42.6 Å². The Morgan fingerprint density at radius 3 is 2.22 bits per heavy atom. The molecule has 2 unspecified atom stereocenters. The number of nitrogens with one attached hydrogen (secondary N) is 1. The summed E-state index contributed by atoms with van der Waals surface area (Å²) in [6, 6.07) is 3.56. The third-order valence-electron chi connectivity index (χ3n) is 6.10. The van der Waals surface area contributed by atoms with Gasteiger partial charge in [-0.2, -0.15) is 41.5 Å². The van der Waals surface area contributed by atoms with Crippen molar-refractivity contribution in [3.63, 3.8) is 0 Å². The van der Waals surface area contributed by atoms with Crippen molar-refractivity contribution in [2.75, 3.05) is 30.2 Å². The molecule has 0 bridgehead atoms. The number of nitrogens with zero attached hydrogens (tertiary/aromatic N) is 8. The van der Waals surface area contributed by atoms with Gasteiger partial charge >= 0.3 is 18.4 Å². The normalized spacial score (nSPS) is 17.0. The number of hydrogen-bond donors (Lipinski definition) is 1. The number of rotatable bonds is 5. The van der Waals surface area contributed by atoms with Gasteiger partial charge in [0.15, 0.2) is 5.65 Å². The number of hydrogen-bond acceptors (Lipinski definition) is 9. The molecule has 1 N–H and O–H groups in total. The number of alkyl halides is 9. The SMILES string of the molecule is C=N/N=C/C.Cc1nnc(N2CCC(Nc3nc4c(-c5cc(C(F)(F)F)cc(C(F)(F)F)c5)cccn4n3)C(F)C2)o1.FCF. The van der Waals surface area contributed by atoms with Gasteiger partial charge < -0.3 is 14.6 Å². The van der Waals surface area contributed by atoms with Crippen molar-refractivity contribution in [2.45, 2.75) is 44.8 Å². The lowest BCUT2D eigenvalue weighted by atomic mass is 10.00.